The molecule has 1 fully saturated rings. The van der Waals surface area contributed by atoms with Crippen LogP contribution in [-0.2, 0) is 42.3 Å². The SMILES string of the molecule is CCCC(=O)[C@@H](NC(OC(=O)[C@@H]1CCCN1)(C(=O)Cc1ccccc1)C(=O)Cc1ccccc1)c1ccc(-c2ccccc2-c2nnnn2C(c2ccccc2)(c2ccccc2)c2ccccc2)cc1. The minimum atomic E-state index is -2.52. The van der Waals surface area contributed by atoms with Crippen LogP contribution in [0.4, 0.5) is 0 Å². The summed E-state index contributed by atoms with van der Waals surface area (Å²) in [7, 11) is 0. The van der Waals surface area contributed by atoms with Gasteiger partial charge in [0.05, 0.1) is 6.04 Å². The number of ether oxygens (including phenoxy) is 1. The summed E-state index contributed by atoms with van der Waals surface area (Å²) in [5, 5.41) is 20.2. The molecule has 0 bridgehead atoms. The maximum Gasteiger partial charge on any atom is 0.325 e. The molecule has 0 aliphatic carbocycles. The van der Waals surface area contributed by atoms with Crippen molar-refractivity contribution in [1.82, 2.24) is 30.8 Å². The molecule has 8 aromatic rings. The lowest BCUT2D eigenvalue weighted by molar-refractivity contribution is -0.179. The van der Waals surface area contributed by atoms with Crippen LogP contribution in [0.2, 0.25) is 0 Å². The molecule has 1 saturated heterocycles. The van der Waals surface area contributed by atoms with Crippen LogP contribution >= 0.6 is 0 Å². The number of carbonyl (C=O) groups is 4. The van der Waals surface area contributed by atoms with E-state index in [1.807, 2.05) is 127 Å². The number of Topliss-reactive ketones (excluding diaryl/α,β-unsaturated/α-hetero) is 3. The molecule has 11 nitrogen and oxygen atoms in total. The number of nitrogens with zero attached hydrogens (tertiary/aromatic N) is 4. The smallest absolute Gasteiger partial charge is 0.325 e. The molecule has 11 heteroatoms. The number of esters is 1. The van der Waals surface area contributed by atoms with E-state index in [0.717, 1.165) is 39.8 Å². The van der Waals surface area contributed by atoms with Crippen LogP contribution in [-0.4, -0.2) is 61.8 Å². The second-order valence-electron chi connectivity index (χ2n) is 17.6. The molecule has 1 aromatic heterocycles. The van der Waals surface area contributed by atoms with Gasteiger partial charge in [-0.15, -0.1) is 5.10 Å². The topological polar surface area (TPSA) is 145 Å². The first-order valence-electron chi connectivity index (χ1n) is 23.9. The number of nitrogens with one attached hydrogen (secondary N) is 2. The van der Waals surface area contributed by atoms with Gasteiger partial charge in [0.2, 0.25) is 11.6 Å². The van der Waals surface area contributed by atoms with Gasteiger partial charge in [-0.2, -0.15) is 0 Å². The minimum absolute atomic E-state index is 0.130. The van der Waals surface area contributed by atoms with Crippen LogP contribution in [0, 0.1) is 0 Å². The van der Waals surface area contributed by atoms with E-state index < -0.39 is 40.9 Å². The Morgan fingerprint density at radius 1 is 0.643 bits per heavy atom. The van der Waals surface area contributed by atoms with Crippen molar-refractivity contribution >= 4 is 23.3 Å². The van der Waals surface area contributed by atoms with Crippen molar-refractivity contribution in [2.75, 3.05) is 6.54 Å². The zero-order valence-electron chi connectivity index (χ0n) is 39.0. The molecule has 0 saturated carbocycles. The van der Waals surface area contributed by atoms with Gasteiger partial charge in [0, 0.05) is 24.8 Å². The highest BCUT2D eigenvalue weighted by atomic mass is 16.6. The number of aromatic nitrogens is 4. The van der Waals surface area contributed by atoms with Crippen molar-refractivity contribution < 1.29 is 23.9 Å². The molecule has 0 spiro atoms. The Hall–Kier alpha value is -7.99. The third-order valence-corrected chi connectivity index (χ3v) is 13.0. The van der Waals surface area contributed by atoms with Crippen molar-refractivity contribution in [2.45, 2.75) is 68.8 Å². The molecule has 1 aliphatic heterocycles. The quantitative estimate of drug-likeness (QED) is 0.0328. The van der Waals surface area contributed by atoms with Gasteiger partial charge in [0.25, 0.3) is 5.72 Å². The van der Waals surface area contributed by atoms with Crippen LogP contribution in [0.3, 0.4) is 0 Å². The summed E-state index contributed by atoms with van der Waals surface area (Å²) in [6.07, 6.45) is 1.38. The highest BCUT2D eigenvalue weighted by molar-refractivity contribution is 6.13. The summed E-state index contributed by atoms with van der Waals surface area (Å²) in [5.41, 5.74) is 3.49. The van der Waals surface area contributed by atoms with Crippen molar-refractivity contribution in [1.29, 1.82) is 0 Å². The van der Waals surface area contributed by atoms with Gasteiger partial charge in [-0.25, -0.2) is 4.68 Å². The molecule has 70 heavy (non-hydrogen) atoms. The van der Waals surface area contributed by atoms with E-state index in [9.17, 15) is 9.59 Å². The lowest BCUT2D eigenvalue weighted by Crippen LogP contribution is -2.64. The predicted molar refractivity (Wildman–Crippen MR) is 269 cm³/mol. The number of hydrogen-bond acceptors (Lipinski definition) is 10. The van der Waals surface area contributed by atoms with Crippen LogP contribution in [0.5, 0.6) is 0 Å². The maximum atomic E-state index is 15.0. The van der Waals surface area contributed by atoms with E-state index in [1.54, 1.807) is 48.5 Å². The Morgan fingerprint density at radius 3 is 1.61 bits per heavy atom. The van der Waals surface area contributed by atoms with Crippen molar-refractivity contribution in [3.63, 3.8) is 0 Å². The normalized spacial score (nSPS) is 14.2. The van der Waals surface area contributed by atoms with Crippen LogP contribution in [0.15, 0.2) is 200 Å². The molecule has 2 heterocycles. The van der Waals surface area contributed by atoms with E-state index >= 15 is 9.59 Å². The second kappa shape index (κ2) is 21.5. The van der Waals surface area contributed by atoms with E-state index in [-0.39, 0.29) is 25.0 Å². The fourth-order valence-corrected chi connectivity index (χ4v) is 9.59. The summed E-state index contributed by atoms with van der Waals surface area (Å²) in [6.45, 7) is 2.48. The molecule has 0 amide bonds. The zero-order chi connectivity index (χ0) is 48.3. The number of hydrogen-bond donors (Lipinski definition) is 2. The first-order valence-corrected chi connectivity index (χ1v) is 23.9. The number of ketones is 3. The Morgan fingerprint density at radius 2 is 1.13 bits per heavy atom. The second-order valence-corrected chi connectivity index (χ2v) is 17.6. The van der Waals surface area contributed by atoms with Crippen molar-refractivity contribution in [2.24, 2.45) is 0 Å². The van der Waals surface area contributed by atoms with E-state index in [1.165, 1.54) is 0 Å². The molecule has 7 aromatic carbocycles. The minimum Gasteiger partial charge on any atom is -0.427 e. The average Bonchev–Trinajstić information content (AvgIpc) is 4.14. The van der Waals surface area contributed by atoms with E-state index in [4.69, 9.17) is 15.0 Å². The summed E-state index contributed by atoms with van der Waals surface area (Å²) >= 11 is 0. The third kappa shape index (κ3) is 9.67. The van der Waals surface area contributed by atoms with Gasteiger partial charge in [0.1, 0.15) is 11.6 Å². The van der Waals surface area contributed by atoms with Crippen molar-refractivity contribution in [3.8, 4) is 22.5 Å². The lowest BCUT2D eigenvalue weighted by atomic mass is 9.77. The maximum absolute atomic E-state index is 15.0. The molecule has 9 rings (SSSR count). The molecule has 350 valence electrons. The summed E-state index contributed by atoms with van der Waals surface area (Å²) in [4.78, 5) is 58.7. The molecule has 0 radical (unpaired) electrons. The first-order chi connectivity index (χ1) is 34.3. The number of benzene rings is 7. The van der Waals surface area contributed by atoms with E-state index in [0.29, 0.717) is 41.9 Å². The van der Waals surface area contributed by atoms with Gasteiger partial charge in [0.15, 0.2) is 11.6 Å². The van der Waals surface area contributed by atoms with Crippen LogP contribution in [0.1, 0.15) is 72.0 Å². The van der Waals surface area contributed by atoms with E-state index in [2.05, 4.69) is 52.2 Å². The Labute approximate surface area is 408 Å². The van der Waals surface area contributed by atoms with Gasteiger partial charge in [-0.3, -0.25) is 24.5 Å². The van der Waals surface area contributed by atoms with Gasteiger partial charge >= 0.3 is 5.97 Å². The lowest BCUT2D eigenvalue weighted by Gasteiger charge is -2.36. The Bertz CT molecular complexity index is 2880. The summed E-state index contributed by atoms with van der Waals surface area (Å²) < 4.78 is 8.16. The Kier molecular flexibility index (Phi) is 14.5. The molecular weight excluding hydrogens is 873 g/mol. The largest absolute Gasteiger partial charge is 0.427 e. The molecular formula is C59H54N6O5. The number of rotatable bonds is 20. The number of tetrazole rings is 1. The monoisotopic (exact) mass is 926 g/mol. The highest BCUT2D eigenvalue weighted by Crippen LogP contribution is 2.43. The molecule has 1 aliphatic rings. The van der Waals surface area contributed by atoms with Crippen LogP contribution in [0.25, 0.3) is 22.5 Å². The highest BCUT2D eigenvalue weighted by Gasteiger charge is 2.52. The fraction of sp³-hybridized carbons (Fsp3) is 0.203. The van der Waals surface area contributed by atoms with Gasteiger partial charge in [-0.05, 0) is 80.7 Å². The van der Waals surface area contributed by atoms with Gasteiger partial charge < -0.3 is 10.1 Å². The summed E-state index contributed by atoms with van der Waals surface area (Å²) in [5.74, 6) is -1.85. The van der Waals surface area contributed by atoms with Gasteiger partial charge in [-0.1, -0.05) is 207 Å². The van der Waals surface area contributed by atoms with Crippen LogP contribution < -0.4 is 10.6 Å². The third-order valence-electron chi connectivity index (χ3n) is 13.0. The number of carbonyl (C=O) groups excluding carboxylic acids is 4. The predicted octanol–water partition coefficient (Wildman–Crippen LogP) is 9.46. The summed E-state index contributed by atoms with van der Waals surface area (Å²) in [6, 6.07) is 62.0. The first kappa shape index (κ1) is 47.1. The fourth-order valence-electron chi connectivity index (χ4n) is 9.59. The Balaban J connectivity index is 1.14. The molecule has 2 N–H and O–H groups in total. The average molecular weight is 927 g/mol. The zero-order valence-corrected chi connectivity index (χ0v) is 39.0. The standard InChI is InChI=1S/C59H54N6O5/c1-2-21-52(66)55(61-59(70-57(69)51-34-20-39-60-51,53(67)40-42-22-8-3-9-23-42)54(68)41-43-24-10-4-11-25-43)45-37-35-44(36-38-45)49-32-18-19-33-50(49)56-62-63-64-65(56)58(46-26-12-5-13-27-46,47-28-14-6-15-29-47)48-30-16-7-17-31-48/h3-19,22-33,35-38,51,55,60-61H,2,20-21,34,39-41H2,1H3/t51-,55-/m0/s1. The molecule has 0 unspecified atom stereocenters. The molecule has 2 atom stereocenters. The van der Waals surface area contributed by atoms with Crippen molar-refractivity contribution in [3.05, 3.63) is 234 Å².